The Morgan fingerprint density at radius 2 is 1.71 bits per heavy atom. The van der Waals surface area contributed by atoms with Crippen LogP contribution in [0.2, 0.25) is 0 Å². The molecule has 2 aromatic rings. The van der Waals surface area contributed by atoms with E-state index in [1.165, 1.54) is 20.8 Å². The molecule has 0 bridgehead atoms. The average Bonchev–Trinajstić information content (AvgIpc) is 2.79. The lowest BCUT2D eigenvalue weighted by atomic mass is 9.88. The second-order valence-corrected chi connectivity index (χ2v) is 9.96. The van der Waals surface area contributed by atoms with Crippen molar-refractivity contribution in [2.45, 2.75) is 25.3 Å². The van der Waals surface area contributed by atoms with Crippen molar-refractivity contribution >= 4 is 22.0 Å². The summed E-state index contributed by atoms with van der Waals surface area (Å²) in [6, 6.07) is 17.8. The Balaban J connectivity index is 1.27. The van der Waals surface area contributed by atoms with E-state index in [4.69, 9.17) is 0 Å². The molecule has 1 unspecified atom stereocenters. The Labute approximate surface area is 184 Å². The Kier molecular flexibility index (Phi) is 6.85. The quantitative estimate of drug-likeness (QED) is 0.752. The van der Waals surface area contributed by atoms with Crippen molar-refractivity contribution in [3.8, 4) is 0 Å². The Morgan fingerprint density at radius 3 is 2.48 bits per heavy atom. The third kappa shape index (κ3) is 5.61. The van der Waals surface area contributed by atoms with Crippen LogP contribution in [0.15, 0.2) is 60.0 Å². The van der Waals surface area contributed by atoms with Gasteiger partial charge >= 0.3 is 0 Å². The number of carbonyl (C=O) groups excluding carboxylic acids is 1. The van der Waals surface area contributed by atoms with Gasteiger partial charge in [-0.25, -0.2) is 8.42 Å². The van der Waals surface area contributed by atoms with Crippen LogP contribution >= 0.6 is 0 Å². The first-order chi connectivity index (χ1) is 15.0. The molecule has 164 valence electrons. The van der Waals surface area contributed by atoms with E-state index in [0.29, 0.717) is 32.7 Å². The third-order valence-electron chi connectivity index (χ3n) is 6.00. The molecule has 6 nitrogen and oxygen atoms in total. The van der Waals surface area contributed by atoms with Gasteiger partial charge in [0.05, 0.1) is 12.6 Å². The lowest BCUT2D eigenvalue weighted by molar-refractivity contribution is -0.123. The summed E-state index contributed by atoms with van der Waals surface area (Å²) in [6.07, 6.45) is 4.73. The number of rotatable bonds is 6. The van der Waals surface area contributed by atoms with E-state index in [-0.39, 0.29) is 11.9 Å². The Hall–Kier alpha value is -2.48. The van der Waals surface area contributed by atoms with Crippen LogP contribution in [0, 0.1) is 0 Å². The summed E-state index contributed by atoms with van der Waals surface area (Å²) in [5, 5.41) is 4.45. The molecule has 0 aromatic heterocycles. The monoisotopic (exact) mass is 439 g/mol. The Bertz CT molecular complexity index is 1030. The van der Waals surface area contributed by atoms with Crippen LogP contribution in [0.1, 0.15) is 35.6 Å². The second-order valence-electron chi connectivity index (χ2n) is 8.14. The smallest absolute Gasteiger partial charge is 0.236 e. The summed E-state index contributed by atoms with van der Waals surface area (Å²) >= 11 is 0. The van der Waals surface area contributed by atoms with Gasteiger partial charge in [-0.2, -0.15) is 4.31 Å². The van der Waals surface area contributed by atoms with Gasteiger partial charge in [-0.3, -0.25) is 9.69 Å². The fourth-order valence-electron chi connectivity index (χ4n) is 4.30. The molecule has 1 amide bonds. The highest BCUT2D eigenvalue weighted by Crippen LogP contribution is 2.29. The maximum atomic E-state index is 12.6. The number of benzene rings is 2. The summed E-state index contributed by atoms with van der Waals surface area (Å²) in [5.41, 5.74) is 3.40. The van der Waals surface area contributed by atoms with E-state index in [2.05, 4.69) is 17.4 Å². The number of carbonyl (C=O) groups is 1. The van der Waals surface area contributed by atoms with Gasteiger partial charge in [-0.05, 0) is 42.0 Å². The molecule has 31 heavy (non-hydrogen) atoms. The summed E-state index contributed by atoms with van der Waals surface area (Å²) in [5.74, 6) is 0.00184. The maximum Gasteiger partial charge on any atom is 0.236 e. The van der Waals surface area contributed by atoms with Crippen molar-refractivity contribution in [1.29, 1.82) is 0 Å². The average molecular weight is 440 g/mol. The van der Waals surface area contributed by atoms with E-state index < -0.39 is 10.0 Å². The van der Waals surface area contributed by atoms with Crippen molar-refractivity contribution < 1.29 is 13.2 Å². The van der Waals surface area contributed by atoms with Crippen molar-refractivity contribution in [1.82, 2.24) is 14.5 Å². The molecule has 1 saturated heterocycles. The van der Waals surface area contributed by atoms with Gasteiger partial charge in [0.25, 0.3) is 0 Å². The van der Waals surface area contributed by atoms with Gasteiger partial charge in [0.2, 0.25) is 15.9 Å². The molecule has 2 aromatic carbocycles. The zero-order valence-electron chi connectivity index (χ0n) is 17.6. The van der Waals surface area contributed by atoms with Gasteiger partial charge in [-0.1, -0.05) is 54.6 Å². The van der Waals surface area contributed by atoms with Crippen LogP contribution in [0.4, 0.5) is 0 Å². The predicted octanol–water partition coefficient (Wildman–Crippen LogP) is 2.80. The molecule has 1 atom stereocenters. The first kappa shape index (κ1) is 21.7. The first-order valence-electron chi connectivity index (χ1n) is 10.8. The summed E-state index contributed by atoms with van der Waals surface area (Å²) < 4.78 is 26.7. The first-order valence-corrected chi connectivity index (χ1v) is 12.3. The minimum absolute atomic E-state index is 0.00184. The molecule has 1 fully saturated rings. The molecule has 0 radical (unpaired) electrons. The molecule has 0 saturated carbocycles. The molecule has 7 heteroatoms. The van der Waals surface area contributed by atoms with Gasteiger partial charge in [0.15, 0.2) is 0 Å². The number of nitrogens with one attached hydrogen (secondary N) is 1. The largest absolute Gasteiger partial charge is 0.348 e. The normalized spacial score (nSPS) is 20.5. The molecule has 1 aliphatic heterocycles. The standard InChI is InChI=1S/C24H29N3O3S/c28-24(25-23-12-6-10-21-9-4-5-11-22(21)23)19-26-14-16-27(17-15-26)31(29,30)18-13-20-7-2-1-3-8-20/h1-5,7-9,11,13,18,23H,6,10,12,14-17,19H2,(H,25,28)/b18-13+. The van der Waals surface area contributed by atoms with Crippen LogP contribution in [-0.2, 0) is 21.2 Å². The summed E-state index contributed by atoms with van der Waals surface area (Å²) in [7, 11) is -3.46. The van der Waals surface area contributed by atoms with Gasteiger partial charge in [0, 0.05) is 31.6 Å². The highest BCUT2D eigenvalue weighted by molar-refractivity contribution is 7.92. The number of hydrogen-bond acceptors (Lipinski definition) is 4. The lowest BCUT2D eigenvalue weighted by Crippen LogP contribution is -2.51. The molecule has 1 heterocycles. The number of nitrogens with zero attached hydrogens (tertiary/aromatic N) is 2. The van der Waals surface area contributed by atoms with E-state index in [1.807, 2.05) is 47.4 Å². The fourth-order valence-corrected chi connectivity index (χ4v) is 5.48. The van der Waals surface area contributed by atoms with Crippen molar-refractivity contribution in [2.24, 2.45) is 0 Å². The van der Waals surface area contributed by atoms with Crippen LogP contribution in [0.3, 0.4) is 0 Å². The van der Waals surface area contributed by atoms with E-state index in [0.717, 1.165) is 24.8 Å². The minimum atomic E-state index is -3.46. The topological polar surface area (TPSA) is 69.7 Å². The van der Waals surface area contributed by atoms with Crippen LogP contribution < -0.4 is 5.32 Å². The number of aryl methyl sites for hydroxylation is 1. The third-order valence-corrected chi connectivity index (χ3v) is 7.56. The molecule has 1 aliphatic carbocycles. The SMILES string of the molecule is O=C(CN1CCN(S(=O)(=O)/C=C/c2ccccc2)CC1)NC1CCCc2ccccc21. The molecular weight excluding hydrogens is 410 g/mol. The van der Waals surface area contributed by atoms with Gasteiger partial charge in [0.1, 0.15) is 0 Å². The molecular formula is C24H29N3O3S. The summed E-state index contributed by atoms with van der Waals surface area (Å²) in [4.78, 5) is 14.7. The fraction of sp³-hybridized carbons (Fsp3) is 0.375. The van der Waals surface area contributed by atoms with Crippen LogP contribution in [0.5, 0.6) is 0 Å². The highest BCUT2D eigenvalue weighted by atomic mass is 32.2. The number of sulfonamides is 1. The maximum absolute atomic E-state index is 12.6. The molecule has 2 aliphatic rings. The number of hydrogen-bond donors (Lipinski definition) is 1. The lowest BCUT2D eigenvalue weighted by Gasteiger charge is -2.33. The van der Waals surface area contributed by atoms with E-state index in [9.17, 15) is 13.2 Å². The molecule has 4 rings (SSSR count). The van der Waals surface area contributed by atoms with Crippen molar-refractivity contribution in [3.63, 3.8) is 0 Å². The zero-order valence-corrected chi connectivity index (χ0v) is 18.4. The number of amides is 1. The molecule has 1 N–H and O–H groups in total. The zero-order chi connectivity index (χ0) is 21.7. The molecule has 0 spiro atoms. The Morgan fingerprint density at radius 1 is 1.00 bits per heavy atom. The van der Waals surface area contributed by atoms with Gasteiger partial charge < -0.3 is 5.32 Å². The van der Waals surface area contributed by atoms with E-state index in [1.54, 1.807) is 6.08 Å². The summed E-state index contributed by atoms with van der Waals surface area (Å²) in [6.45, 7) is 2.18. The minimum Gasteiger partial charge on any atom is -0.348 e. The predicted molar refractivity (Wildman–Crippen MR) is 123 cm³/mol. The van der Waals surface area contributed by atoms with Crippen LogP contribution in [-0.4, -0.2) is 56.3 Å². The highest BCUT2D eigenvalue weighted by Gasteiger charge is 2.27. The van der Waals surface area contributed by atoms with E-state index >= 15 is 0 Å². The number of piperazine rings is 1. The van der Waals surface area contributed by atoms with Crippen molar-refractivity contribution in [3.05, 3.63) is 76.7 Å². The van der Waals surface area contributed by atoms with Crippen LogP contribution in [0.25, 0.3) is 6.08 Å². The van der Waals surface area contributed by atoms with Crippen molar-refractivity contribution in [2.75, 3.05) is 32.7 Å². The van der Waals surface area contributed by atoms with Gasteiger partial charge in [-0.15, -0.1) is 0 Å². The number of fused-ring (bicyclic) bond motifs is 1. The second kappa shape index (κ2) is 9.77.